The highest BCUT2D eigenvalue weighted by Gasteiger charge is 2.03. The minimum atomic E-state index is 0.265. The quantitative estimate of drug-likeness (QED) is 0.448. The van der Waals surface area contributed by atoms with Crippen molar-refractivity contribution in [3.05, 3.63) is 10.3 Å². The molecule has 2 nitrogen and oxygen atoms in total. The van der Waals surface area contributed by atoms with Crippen LogP contribution in [0.25, 0.3) is 0 Å². The molecule has 0 N–H and O–H groups in total. The first-order valence-electron chi connectivity index (χ1n) is 1.59. The van der Waals surface area contributed by atoms with E-state index in [4.69, 9.17) is 23.2 Å². The molecule has 1 rings (SSSR count). The molecule has 0 saturated heterocycles. The molecule has 0 spiro atoms. The van der Waals surface area contributed by atoms with Gasteiger partial charge in [-0.1, -0.05) is 23.2 Å². The molecule has 0 atom stereocenters. The van der Waals surface area contributed by atoms with Crippen molar-refractivity contribution in [2.75, 3.05) is 0 Å². The summed E-state index contributed by atoms with van der Waals surface area (Å²) >= 11 is 10.6. The average Bonchev–Trinajstić information content (AvgIpc) is 1.91. The first-order chi connectivity index (χ1) is 3.30. The lowest BCUT2D eigenvalue weighted by Gasteiger charge is -1.79. The number of rotatable bonds is 0. The lowest BCUT2D eigenvalue weighted by atomic mass is 10.9. The number of aliphatic imine (C=N–C) groups is 1. The molecule has 0 aromatic carbocycles. The molecule has 4 heteroatoms. The second-order valence-corrected chi connectivity index (χ2v) is 1.67. The van der Waals surface area contributed by atoms with Crippen LogP contribution >= 0.6 is 23.2 Å². The van der Waals surface area contributed by atoms with E-state index in [9.17, 15) is 0 Å². The molecule has 0 fully saturated rings. The Bertz CT molecular complexity index is 138. The number of hydrogen-bond donors (Lipinski definition) is 0. The van der Waals surface area contributed by atoms with Crippen LogP contribution in [0.1, 0.15) is 0 Å². The van der Waals surface area contributed by atoms with E-state index in [0.29, 0.717) is 0 Å². The maximum Gasteiger partial charge on any atom is 0.168 e. The summed E-state index contributed by atoms with van der Waals surface area (Å²) in [4.78, 5) is 3.54. The van der Waals surface area contributed by atoms with Crippen molar-refractivity contribution < 1.29 is 0 Å². The molecule has 0 bridgehead atoms. The maximum atomic E-state index is 5.32. The molecule has 7 heavy (non-hydrogen) atoms. The van der Waals surface area contributed by atoms with Gasteiger partial charge in [-0.05, 0) is 0 Å². The predicted octanol–water partition coefficient (Wildman–Crippen LogP) is 1.24. The van der Waals surface area contributed by atoms with Crippen LogP contribution in [-0.2, 0) is 0 Å². The topological polar surface area (TPSA) is 26.5 Å². The zero-order valence-corrected chi connectivity index (χ0v) is 4.74. The second kappa shape index (κ2) is 1.72. The predicted molar refractivity (Wildman–Crippen MR) is 29.4 cm³/mol. The van der Waals surface area contributed by atoms with E-state index in [0.717, 1.165) is 0 Å². The van der Waals surface area contributed by atoms with Gasteiger partial charge in [-0.3, -0.25) is 0 Å². The SMILES string of the molecule is ClC1=C(Cl)N=C[N]1. The van der Waals surface area contributed by atoms with Gasteiger partial charge in [0.1, 0.15) is 6.34 Å². The minimum absolute atomic E-state index is 0.265. The van der Waals surface area contributed by atoms with Crippen molar-refractivity contribution in [3.8, 4) is 0 Å². The average molecular weight is 136 g/mol. The third kappa shape index (κ3) is 0.868. The van der Waals surface area contributed by atoms with E-state index < -0.39 is 0 Å². The Morgan fingerprint density at radius 1 is 1.29 bits per heavy atom. The van der Waals surface area contributed by atoms with Gasteiger partial charge in [-0.15, -0.1) is 0 Å². The normalized spacial score (nSPS) is 18.0. The largest absolute Gasteiger partial charge is 0.221 e. The molecule has 1 heterocycles. The molecule has 0 amide bonds. The van der Waals surface area contributed by atoms with E-state index in [1.807, 2.05) is 0 Å². The molecule has 0 aromatic rings. The Hall–Kier alpha value is -0.210. The number of nitrogens with zero attached hydrogens (tertiary/aromatic N) is 2. The van der Waals surface area contributed by atoms with Crippen molar-refractivity contribution in [2.45, 2.75) is 0 Å². The third-order valence-electron chi connectivity index (χ3n) is 0.512. The summed E-state index contributed by atoms with van der Waals surface area (Å²) in [5.74, 6) is 0. The molecule has 1 aliphatic rings. The van der Waals surface area contributed by atoms with E-state index >= 15 is 0 Å². The Labute approximate surface area is 50.8 Å². The lowest BCUT2D eigenvalue weighted by molar-refractivity contribution is 1.29. The third-order valence-corrected chi connectivity index (χ3v) is 1.16. The van der Waals surface area contributed by atoms with Crippen LogP contribution < -0.4 is 5.32 Å². The van der Waals surface area contributed by atoms with Crippen molar-refractivity contribution in [1.29, 1.82) is 0 Å². The van der Waals surface area contributed by atoms with E-state index in [1.165, 1.54) is 6.34 Å². The van der Waals surface area contributed by atoms with Gasteiger partial charge in [0.2, 0.25) is 0 Å². The number of halogens is 2. The Morgan fingerprint density at radius 2 is 2.00 bits per heavy atom. The molecule has 0 unspecified atom stereocenters. The van der Waals surface area contributed by atoms with Gasteiger partial charge in [-0.25, -0.2) is 10.3 Å². The van der Waals surface area contributed by atoms with Gasteiger partial charge >= 0.3 is 0 Å². The van der Waals surface area contributed by atoms with E-state index in [-0.39, 0.29) is 10.3 Å². The highest BCUT2D eigenvalue weighted by atomic mass is 35.5. The van der Waals surface area contributed by atoms with Gasteiger partial charge in [0.15, 0.2) is 10.3 Å². The zero-order valence-electron chi connectivity index (χ0n) is 3.23. The highest BCUT2D eigenvalue weighted by Crippen LogP contribution is 2.15. The maximum absolute atomic E-state index is 5.32. The van der Waals surface area contributed by atoms with Gasteiger partial charge in [0.05, 0.1) is 0 Å². The fourth-order valence-corrected chi connectivity index (χ4v) is 0.422. The highest BCUT2D eigenvalue weighted by molar-refractivity contribution is 6.40. The summed E-state index contributed by atoms with van der Waals surface area (Å²) in [5, 5.41) is 4.07. The van der Waals surface area contributed by atoms with Crippen LogP contribution in [-0.4, -0.2) is 6.34 Å². The fourth-order valence-electron chi connectivity index (χ4n) is 0.237. The fraction of sp³-hybridized carbons (Fsp3) is 0. The first-order valence-corrected chi connectivity index (χ1v) is 2.35. The molecule has 0 aliphatic carbocycles. The van der Waals surface area contributed by atoms with Crippen LogP contribution in [0.3, 0.4) is 0 Å². The summed E-state index contributed by atoms with van der Waals surface area (Å²) in [6.45, 7) is 0. The smallest absolute Gasteiger partial charge is 0.168 e. The van der Waals surface area contributed by atoms with Crippen molar-refractivity contribution in [2.24, 2.45) is 4.99 Å². The molecular formula is C3HCl2N2. The first kappa shape index (κ1) is 4.94. The summed E-state index contributed by atoms with van der Waals surface area (Å²) in [5.41, 5.74) is 0. The summed E-state index contributed by atoms with van der Waals surface area (Å²) in [7, 11) is 0. The van der Waals surface area contributed by atoms with Gasteiger partial charge in [0.25, 0.3) is 0 Å². The summed E-state index contributed by atoms with van der Waals surface area (Å²) in [6, 6.07) is 0. The van der Waals surface area contributed by atoms with E-state index in [1.54, 1.807) is 0 Å². The van der Waals surface area contributed by atoms with Crippen LogP contribution in [0.15, 0.2) is 15.3 Å². The molecule has 0 aromatic heterocycles. The van der Waals surface area contributed by atoms with Gasteiger partial charge in [-0.2, -0.15) is 0 Å². The Balaban J connectivity index is 2.79. The molecule has 1 radical (unpaired) electrons. The zero-order chi connectivity index (χ0) is 5.28. The van der Waals surface area contributed by atoms with Crippen LogP contribution in [0, 0.1) is 0 Å². The minimum Gasteiger partial charge on any atom is -0.221 e. The summed E-state index contributed by atoms with van der Waals surface area (Å²) < 4.78 is 0. The summed E-state index contributed by atoms with van der Waals surface area (Å²) in [6.07, 6.45) is 1.31. The van der Waals surface area contributed by atoms with Crippen LogP contribution in [0.4, 0.5) is 0 Å². The van der Waals surface area contributed by atoms with Crippen LogP contribution in [0.5, 0.6) is 0 Å². The van der Waals surface area contributed by atoms with E-state index in [2.05, 4.69) is 10.3 Å². The van der Waals surface area contributed by atoms with Crippen LogP contribution in [0.2, 0.25) is 0 Å². The molecular weight excluding hydrogens is 135 g/mol. The van der Waals surface area contributed by atoms with Crippen molar-refractivity contribution in [1.82, 2.24) is 5.32 Å². The molecule has 0 saturated carbocycles. The lowest BCUT2D eigenvalue weighted by Crippen LogP contribution is -1.87. The van der Waals surface area contributed by atoms with Crippen molar-refractivity contribution >= 4 is 29.5 Å². The molecule has 37 valence electrons. The number of hydrogen-bond acceptors (Lipinski definition) is 1. The Morgan fingerprint density at radius 3 is 2.14 bits per heavy atom. The standard InChI is InChI=1S/C3HCl2N2/c4-2-3(5)7-1-6-2/h1H. The monoisotopic (exact) mass is 135 g/mol. The second-order valence-electron chi connectivity index (χ2n) is 0.955. The van der Waals surface area contributed by atoms with Crippen molar-refractivity contribution in [3.63, 3.8) is 0 Å². The Kier molecular flexibility index (Phi) is 1.21. The van der Waals surface area contributed by atoms with Gasteiger partial charge in [0, 0.05) is 0 Å². The van der Waals surface area contributed by atoms with Gasteiger partial charge < -0.3 is 0 Å². The molecule has 1 aliphatic heterocycles.